The first-order valence-corrected chi connectivity index (χ1v) is 9.50. The Hall–Kier alpha value is -3.03. The van der Waals surface area contributed by atoms with Crippen molar-refractivity contribution in [1.29, 1.82) is 0 Å². The van der Waals surface area contributed by atoms with E-state index in [2.05, 4.69) is 0 Å². The maximum Gasteiger partial charge on any atom is 0.336 e. The van der Waals surface area contributed by atoms with Gasteiger partial charge in [0.25, 0.3) is 0 Å². The molecule has 29 heavy (non-hydrogen) atoms. The number of fused-ring (bicyclic) bond motifs is 1. The van der Waals surface area contributed by atoms with E-state index in [1.807, 2.05) is 19.9 Å². The molecule has 8 heteroatoms. The van der Waals surface area contributed by atoms with Gasteiger partial charge in [-0.15, -0.1) is 0 Å². The molecule has 1 aromatic heterocycles. The lowest BCUT2D eigenvalue weighted by atomic mass is 9.88. The molecule has 0 spiro atoms. The van der Waals surface area contributed by atoms with Crippen LogP contribution in [-0.2, 0) is 20.9 Å². The molecular formula is C21H23NO7. The average Bonchev–Trinajstić information content (AvgIpc) is 2.89. The first-order valence-electron chi connectivity index (χ1n) is 9.50. The molecule has 0 radical (unpaired) electrons. The second-order valence-electron chi connectivity index (χ2n) is 7.77. The third-order valence-electron chi connectivity index (χ3n) is 5.84. The Bertz CT molecular complexity index is 1040. The van der Waals surface area contributed by atoms with Gasteiger partial charge in [0.15, 0.2) is 0 Å². The molecule has 1 aromatic carbocycles. The van der Waals surface area contributed by atoms with Gasteiger partial charge in [0, 0.05) is 40.2 Å². The van der Waals surface area contributed by atoms with Gasteiger partial charge >= 0.3 is 11.6 Å². The number of nitrogens with zero attached hydrogens (tertiary/aromatic N) is 1. The Morgan fingerprint density at radius 2 is 2.03 bits per heavy atom. The zero-order chi connectivity index (χ0) is 21.3. The Balaban J connectivity index is 1.74. The number of hydrogen-bond acceptors (Lipinski definition) is 7. The smallest absolute Gasteiger partial charge is 0.336 e. The summed E-state index contributed by atoms with van der Waals surface area (Å²) in [4.78, 5) is 46.9. The van der Waals surface area contributed by atoms with Crippen molar-refractivity contribution in [3.63, 3.8) is 0 Å². The molecule has 0 saturated heterocycles. The lowest BCUT2D eigenvalue weighted by molar-refractivity contribution is -0.490. The highest BCUT2D eigenvalue weighted by atomic mass is 16.6. The van der Waals surface area contributed by atoms with E-state index < -0.39 is 28.4 Å². The number of aryl methyl sites for hydroxylation is 2. The van der Waals surface area contributed by atoms with Crippen LogP contribution >= 0.6 is 0 Å². The number of nitro groups is 1. The van der Waals surface area contributed by atoms with Crippen LogP contribution < -0.4 is 5.63 Å². The molecule has 1 fully saturated rings. The minimum atomic E-state index is -0.703. The average molecular weight is 401 g/mol. The largest absolute Gasteiger partial charge is 0.461 e. The number of Topliss-reactive ketones (excluding diaryl/α,β-unsaturated/α-hetero) is 1. The number of ketones is 1. The predicted molar refractivity (Wildman–Crippen MR) is 104 cm³/mol. The maximum absolute atomic E-state index is 12.4. The normalized spacial score (nSPS) is 21.5. The zero-order valence-electron chi connectivity index (χ0n) is 16.6. The molecule has 154 valence electrons. The molecule has 0 N–H and O–H groups in total. The first kappa shape index (κ1) is 20.7. The van der Waals surface area contributed by atoms with E-state index in [1.165, 1.54) is 6.07 Å². The lowest BCUT2D eigenvalue weighted by Crippen LogP contribution is -2.27. The van der Waals surface area contributed by atoms with Gasteiger partial charge in [-0.3, -0.25) is 19.7 Å². The molecule has 3 rings (SSSR count). The quantitative estimate of drug-likeness (QED) is 0.316. The van der Waals surface area contributed by atoms with Crippen LogP contribution in [0.5, 0.6) is 0 Å². The monoisotopic (exact) mass is 401 g/mol. The summed E-state index contributed by atoms with van der Waals surface area (Å²) < 4.78 is 10.6. The number of esters is 1. The molecule has 1 aliphatic rings. The molecule has 1 heterocycles. The van der Waals surface area contributed by atoms with Crippen LogP contribution in [0.25, 0.3) is 11.0 Å². The number of rotatable bonds is 6. The van der Waals surface area contributed by atoms with Gasteiger partial charge in [0.05, 0.1) is 6.42 Å². The van der Waals surface area contributed by atoms with Crippen LogP contribution in [0.15, 0.2) is 27.4 Å². The minimum Gasteiger partial charge on any atom is -0.461 e. The predicted octanol–water partition coefficient (Wildman–Crippen LogP) is 2.96. The van der Waals surface area contributed by atoms with Gasteiger partial charge in [0.1, 0.15) is 18.0 Å². The summed E-state index contributed by atoms with van der Waals surface area (Å²) in [7, 11) is 0. The van der Waals surface area contributed by atoms with Crippen molar-refractivity contribution in [3.05, 3.63) is 55.4 Å². The molecule has 1 aliphatic carbocycles. The van der Waals surface area contributed by atoms with Gasteiger partial charge in [-0.25, -0.2) is 4.79 Å². The minimum absolute atomic E-state index is 0.139. The molecule has 0 amide bonds. The highest BCUT2D eigenvalue weighted by Crippen LogP contribution is 2.36. The Morgan fingerprint density at radius 3 is 2.72 bits per heavy atom. The summed E-state index contributed by atoms with van der Waals surface area (Å²) in [5, 5.41) is 11.6. The fraction of sp³-hybridized carbons (Fsp3) is 0.476. The molecule has 1 saturated carbocycles. The van der Waals surface area contributed by atoms with Gasteiger partial charge in [0.2, 0.25) is 6.54 Å². The van der Waals surface area contributed by atoms with Gasteiger partial charge in [-0.05, 0) is 30.9 Å². The second kappa shape index (κ2) is 8.14. The number of hydrogen-bond donors (Lipinski definition) is 0. The Morgan fingerprint density at radius 1 is 1.31 bits per heavy atom. The highest BCUT2D eigenvalue weighted by molar-refractivity contribution is 5.88. The molecule has 0 aliphatic heterocycles. The fourth-order valence-electron chi connectivity index (χ4n) is 4.04. The summed E-state index contributed by atoms with van der Waals surface area (Å²) in [6, 6.07) is 4.98. The summed E-state index contributed by atoms with van der Waals surface area (Å²) in [5.74, 6) is -2.07. The van der Waals surface area contributed by atoms with Gasteiger partial charge in [-0.1, -0.05) is 19.1 Å². The molecule has 0 bridgehead atoms. The topological polar surface area (TPSA) is 117 Å². The summed E-state index contributed by atoms with van der Waals surface area (Å²) in [6.07, 6.45) is 0.0403. The van der Waals surface area contributed by atoms with Crippen molar-refractivity contribution in [2.75, 3.05) is 6.54 Å². The van der Waals surface area contributed by atoms with Crippen molar-refractivity contribution >= 4 is 22.7 Å². The molecule has 2 aromatic rings. The van der Waals surface area contributed by atoms with E-state index in [-0.39, 0.29) is 37.7 Å². The molecule has 8 nitrogen and oxygen atoms in total. The van der Waals surface area contributed by atoms with Crippen molar-refractivity contribution in [1.82, 2.24) is 0 Å². The van der Waals surface area contributed by atoms with Crippen molar-refractivity contribution < 1.29 is 23.7 Å². The third-order valence-corrected chi connectivity index (χ3v) is 5.84. The van der Waals surface area contributed by atoms with Gasteiger partial charge < -0.3 is 9.15 Å². The van der Waals surface area contributed by atoms with Crippen molar-refractivity contribution in [2.24, 2.45) is 17.8 Å². The van der Waals surface area contributed by atoms with Crippen LogP contribution in [0, 0.1) is 41.7 Å². The first-order chi connectivity index (χ1) is 13.7. The fourth-order valence-corrected chi connectivity index (χ4v) is 4.04. The number of ether oxygens (including phenoxy) is 1. The maximum atomic E-state index is 12.4. The molecule has 0 unspecified atom stereocenters. The van der Waals surface area contributed by atoms with Crippen LogP contribution in [0.3, 0.4) is 0 Å². The van der Waals surface area contributed by atoms with E-state index in [0.717, 1.165) is 11.1 Å². The van der Waals surface area contributed by atoms with E-state index in [1.54, 1.807) is 13.0 Å². The third kappa shape index (κ3) is 4.36. The van der Waals surface area contributed by atoms with Crippen LogP contribution in [-0.4, -0.2) is 23.2 Å². The number of carbonyl (C=O) groups excluding carboxylic acids is 2. The second-order valence-corrected chi connectivity index (χ2v) is 7.77. The highest BCUT2D eigenvalue weighted by Gasteiger charge is 2.44. The summed E-state index contributed by atoms with van der Waals surface area (Å²) in [6.45, 7) is 5.06. The SMILES string of the molecule is Cc1ccc2c(COC(=O)C[C@@H]3C(=O)C[C@@H](C)[C@H]3C[N+](=O)[O-])cc(=O)oc2c1C. The van der Waals surface area contributed by atoms with E-state index in [4.69, 9.17) is 9.15 Å². The van der Waals surface area contributed by atoms with E-state index in [0.29, 0.717) is 16.5 Å². The van der Waals surface area contributed by atoms with E-state index in [9.17, 15) is 24.5 Å². The van der Waals surface area contributed by atoms with Crippen molar-refractivity contribution in [2.45, 2.75) is 40.2 Å². The standard InChI is InChI=1S/C21H23NO7/c1-11-4-5-15-14(7-20(25)29-21(15)13(11)3)10-28-19(24)8-16-17(9-22(26)27)12(2)6-18(16)23/h4-5,7,12,16-17H,6,8-10H2,1-3H3/t12-,16+,17-/m1/s1. The number of benzene rings is 1. The Kier molecular flexibility index (Phi) is 5.81. The molecule has 3 atom stereocenters. The zero-order valence-corrected chi connectivity index (χ0v) is 16.6. The summed E-state index contributed by atoms with van der Waals surface area (Å²) in [5.41, 5.74) is 2.24. The lowest BCUT2D eigenvalue weighted by Gasteiger charge is -2.17. The van der Waals surface area contributed by atoms with Gasteiger partial charge in [-0.2, -0.15) is 0 Å². The van der Waals surface area contributed by atoms with Crippen LogP contribution in [0.1, 0.15) is 36.5 Å². The van der Waals surface area contributed by atoms with Crippen molar-refractivity contribution in [3.8, 4) is 0 Å². The van der Waals surface area contributed by atoms with E-state index >= 15 is 0 Å². The Labute approximate surface area is 167 Å². The number of carbonyl (C=O) groups is 2. The van der Waals surface area contributed by atoms with Crippen LogP contribution in [0.2, 0.25) is 0 Å². The summed E-state index contributed by atoms with van der Waals surface area (Å²) >= 11 is 0. The molecular weight excluding hydrogens is 378 g/mol. The van der Waals surface area contributed by atoms with Crippen LogP contribution in [0.4, 0.5) is 0 Å².